The number of carbonyl (C=O) groups excluding carboxylic acids is 1. The van der Waals surface area contributed by atoms with Gasteiger partial charge in [0.2, 0.25) is 0 Å². The Morgan fingerprint density at radius 2 is 1.77 bits per heavy atom. The van der Waals surface area contributed by atoms with Crippen LogP contribution in [0.25, 0.3) is 11.3 Å². The number of hydrogen-bond acceptors (Lipinski definition) is 5. The number of nitrogens with zero attached hydrogens (tertiary/aromatic N) is 2. The van der Waals surface area contributed by atoms with E-state index in [4.69, 9.17) is 0 Å². The Labute approximate surface area is 154 Å². The van der Waals surface area contributed by atoms with Crippen molar-refractivity contribution in [3.05, 3.63) is 75.2 Å². The standard InChI is InChI=1S/C19H17N3O3S/c1-12(2)13-3-5-15(6-4-13)18(23)21-19-20-17(11-26-19)14-7-9-16(10-8-14)22(24)25/h3-12H,1-2H3,(H,20,21,23). The minimum Gasteiger partial charge on any atom is -0.298 e. The Morgan fingerprint density at radius 1 is 1.12 bits per heavy atom. The average Bonchev–Trinajstić information content (AvgIpc) is 3.10. The van der Waals surface area contributed by atoms with Gasteiger partial charge in [-0.2, -0.15) is 0 Å². The third-order valence-electron chi connectivity index (χ3n) is 3.94. The molecule has 3 rings (SSSR count). The van der Waals surface area contributed by atoms with Crippen molar-refractivity contribution in [2.45, 2.75) is 19.8 Å². The van der Waals surface area contributed by atoms with Crippen molar-refractivity contribution < 1.29 is 9.72 Å². The van der Waals surface area contributed by atoms with Gasteiger partial charge < -0.3 is 0 Å². The molecule has 1 amide bonds. The van der Waals surface area contributed by atoms with E-state index < -0.39 is 4.92 Å². The van der Waals surface area contributed by atoms with Crippen molar-refractivity contribution in [3.8, 4) is 11.3 Å². The van der Waals surface area contributed by atoms with E-state index in [0.717, 1.165) is 5.56 Å². The van der Waals surface area contributed by atoms with Crippen molar-refractivity contribution in [3.63, 3.8) is 0 Å². The van der Waals surface area contributed by atoms with Gasteiger partial charge in [0, 0.05) is 28.6 Å². The zero-order valence-corrected chi connectivity index (χ0v) is 15.1. The van der Waals surface area contributed by atoms with Crippen molar-refractivity contribution in [2.75, 3.05) is 5.32 Å². The summed E-state index contributed by atoms with van der Waals surface area (Å²) in [6.45, 7) is 4.20. The second kappa shape index (κ2) is 7.45. The highest BCUT2D eigenvalue weighted by Crippen LogP contribution is 2.27. The SMILES string of the molecule is CC(C)c1ccc(C(=O)Nc2nc(-c3ccc([N+](=O)[O-])cc3)cs2)cc1. The zero-order chi connectivity index (χ0) is 18.7. The van der Waals surface area contributed by atoms with Crippen LogP contribution in [0.4, 0.5) is 10.8 Å². The lowest BCUT2D eigenvalue weighted by molar-refractivity contribution is -0.384. The molecule has 0 unspecified atom stereocenters. The number of hydrogen-bond donors (Lipinski definition) is 1. The van der Waals surface area contributed by atoms with E-state index in [1.54, 1.807) is 29.6 Å². The molecule has 0 spiro atoms. The van der Waals surface area contributed by atoms with Crippen LogP contribution in [0.1, 0.15) is 35.7 Å². The van der Waals surface area contributed by atoms with Gasteiger partial charge in [0.25, 0.3) is 11.6 Å². The van der Waals surface area contributed by atoms with Crippen molar-refractivity contribution in [2.24, 2.45) is 0 Å². The van der Waals surface area contributed by atoms with E-state index in [2.05, 4.69) is 24.1 Å². The molecule has 26 heavy (non-hydrogen) atoms. The second-order valence-electron chi connectivity index (χ2n) is 6.07. The molecule has 132 valence electrons. The molecule has 7 heteroatoms. The summed E-state index contributed by atoms with van der Waals surface area (Å²) >= 11 is 1.31. The molecule has 2 aromatic carbocycles. The smallest absolute Gasteiger partial charge is 0.269 e. The molecule has 0 fully saturated rings. The molecule has 0 radical (unpaired) electrons. The number of nitro groups is 1. The third-order valence-corrected chi connectivity index (χ3v) is 4.70. The summed E-state index contributed by atoms with van der Waals surface area (Å²) in [5, 5.41) is 15.8. The van der Waals surface area contributed by atoms with Gasteiger partial charge in [-0.1, -0.05) is 26.0 Å². The lowest BCUT2D eigenvalue weighted by Crippen LogP contribution is -2.11. The number of nitro benzene ring substituents is 1. The number of anilines is 1. The van der Waals surface area contributed by atoms with Gasteiger partial charge in [-0.15, -0.1) is 11.3 Å². The molecule has 0 aliphatic heterocycles. The maximum Gasteiger partial charge on any atom is 0.269 e. The molecule has 3 aromatic rings. The summed E-state index contributed by atoms with van der Waals surface area (Å²) in [5.74, 6) is 0.195. The number of amides is 1. The van der Waals surface area contributed by atoms with Gasteiger partial charge in [-0.05, 0) is 35.7 Å². The van der Waals surface area contributed by atoms with Gasteiger partial charge in [-0.25, -0.2) is 4.98 Å². The van der Waals surface area contributed by atoms with Crippen molar-refractivity contribution >= 4 is 28.1 Å². The summed E-state index contributed by atoms with van der Waals surface area (Å²) in [4.78, 5) is 27.0. The first-order chi connectivity index (χ1) is 12.4. The predicted molar refractivity (Wildman–Crippen MR) is 103 cm³/mol. The maximum absolute atomic E-state index is 12.3. The fourth-order valence-corrected chi connectivity index (χ4v) is 3.12. The Balaban J connectivity index is 1.71. The predicted octanol–water partition coefficient (Wildman–Crippen LogP) is 5.09. The van der Waals surface area contributed by atoms with Crippen LogP contribution in [-0.2, 0) is 0 Å². The molecule has 1 N–H and O–H groups in total. The third kappa shape index (κ3) is 3.94. The van der Waals surface area contributed by atoms with E-state index in [9.17, 15) is 14.9 Å². The van der Waals surface area contributed by atoms with Gasteiger partial charge >= 0.3 is 0 Å². The first-order valence-corrected chi connectivity index (χ1v) is 8.93. The van der Waals surface area contributed by atoms with Crippen LogP contribution in [0.2, 0.25) is 0 Å². The number of aromatic nitrogens is 1. The summed E-state index contributed by atoms with van der Waals surface area (Å²) in [7, 11) is 0. The van der Waals surface area contributed by atoms with E-state index in [1.165, 1.54) is 29.0 Å². The van der Waals surface area contributed by atoms with E-state index >= 15 is 0 Å². The lowest BCUT2D eigenvalue weighted by atomic mass is 10.0. The maximum atomic E-state index is 12.3. The number of thiazole rings is 1. The molecule has 0 saturated heterocycles. The van der Waals surface area contributed by atoms with Crippen LogP contribution in [0.5, 0.6) is 0 Å². The highest BCUT2D eigenvalue weighted by Gasteiger charge is 2.12. The monoisotopic (exact) mass is 367 g/mol. The summed E-state index contributed by atoms with van der Waals surface area (Å²) in [6.07, 6.45) is 0. The fraction of sp³-hybridized carbons (Fsp3) is 0.158. The zero-order valence-electron chi connectivity index (χ0n) is 14.3. The molecule has 0 aliphatic carbocycles. The summed E-state index contributed by atoms with van der Waals surface area (Å²) in [5.41, 5.74) is 3.20. The summed E-state index contributed by atoms with van der Waals surface area (Å²) < 4.78 is 0. The Morgan fingerprint density at radius 3 is 2.35 bits per heavy atom. The molecule has 6 nitrogen and oxygen atoms in total. The summed E-state index contributed by atoms with van der Waals surface area (Å²) in [6, 6.07) is 13.7. The Hall–Kier alpha value is -3.06. The molecular formula is C19H17N3O3S. The molecule has 0 aliphatic rings. The van der Waals surface area contributed by atoms with Crippen LogP contribution >= 0.6 is 11.3 Å². The molecule has 1 heterocycles. The van der Waals surface area contributed by atoms with Crippen LogP contribution < -0.4 is 5.32 Å². The number of carbonyl (C=O) groups is 1. The number of non-ortho nitro benzene ring substituents is 1. The molecule has 1 aromatic heterocycles. The number of rotatable bonds is 5. The quantitative estimate of drug-likeness (QED) is 0.502. The van der Waals surface area contributed by atoms with Crippen LogP contribution in [-0.4, -0.2) is 15.8 Å². The lowest BCUT2D eigenvalue weighted by Gasteiger charge is -2.06. The molecule has 0 atom stereocenters. The molecule has 0 bridgehead atoms. The minimum atomic E-state index is -0.443. The van der Waals surface area contributed by atoms with Gasteiger partial charge in [0.05, 0.1) is 10.6 Å². The fourth-order valence-electron chi connectivity index (χ4n) is 2.41. The van der Waals surface area contributed by atoms with Gasteiger partial charge in [0.1, 0.15) is 0 Å². The van der Waals surface area contributed by atoms with Crippen LogP contribution in [0.3, 0.4) is 0 Å². The first kappa shape index (κ1) is 17.8. The highest BCUT2D eigenvalue weighted by molar-refractivity contribution is 7.14. The van der Waals surface area contributed by atoms with E-state index in [0.29, 0.717) is 22.3 Å². The number of benzene rings is 2. The van der Waals surface area contributed by atoms with E-state index in [1.807, 2.05) is 12.1 Å². The van der Waals surface area contributed by atoms with Crippen molar-refractivity contribution in [1.82, 2.24) is 4.98 Å². The highest BCUT2D eigenvalue weighted by atomic mass is 32.1. The van der Waals surface area contributed by atoms with Crippen LogP contribution in [0, 0.1) is 10.1 Å². The van der Waals surface area contributed by atoms with Crippen molar-refractivity contribution in [1.29, 1.82) is 0 Å². The average molecular weight is 367 g/mol. The first-order valence-electron chi connectivity index (χ1n) is 8.05. The van der Waals surface area contributed by atoms with Gasteiger partial charge in [0.15, 0.2) is 5.13 Å². The van der Waals surface area contributed by atoms with Gasteiger partial charge in [-0.3, -0.25) is 20.2 Å². The van der Waals surface area contributed by atoms with E-state index in [-0.39, 0.29) is 11.6 Å². The molecule has 0 saturated carbocycles. The second-order valence-corrected chi connectivity index (χ2v) is 6.93. The van der Waals surface area contributed by atoms with Crippen LogP contribution in [0.15, 0.2) is 53.9 Å². The Kier molecular flexibility index (Phi) is 5.09. The topological polar surface area (TPSA) is 85.1 Å². The minimum absolute atomic E-state index is 0.0300. The largest absolute Gasteiger partial charge is 0.298 e. The Bertz CT molecular complexity index is 931. The normalized spacial score (nSPS) is 10.7. The molecular weight excluding hydrogens is 350 g/mol. The number of nitrogens with one attached hydrogen (secondary N) is 1.